The van der Waals surface area contributed by atoms with Crippen LogP contribution in [-0.4, -0.2) is 9.03 Å². The summed E-state index contributed by atoms with van der Waals surface area (Å²) in [6.45, 7) is 0. The molecule has 0 saturated carbocycles. The van der Waals surface area contributed by atoms with Crippen LogP contribution in [0.15, 0.2) is 192 Å². The third kappa shape index (κ3) is 4.31. The predicted molar refractivity (Wildman–Crippen MR) is 224 cm³/mol. The fourth-order valence-corrected chi connectivity index (χ4v) is 8.70. The minimum Gasteiger partial charge on any atom is -0.267 e. The Bertz CT molecular complexity index is 3420. The van der Waals surface area contributed by atoms with Gasteiger partial charge in [-0.05, 0) is 101 Å². The van der Waals surface area contributed by atoms with Gasteiger partial charge in [0, 0.05) is 0 Å². The molecule has 2 aromatic heterocycles. The maximum atomic E-state index is 14.9. The summed E-state index contributed by atoms with van der Waals surface area (Å²) in [6, 6.07) is 62.4. The van der Waals surface area contributed by atoms with Crippen molar-refractivity contribution in [3.63, 3.8) is 0 Å². The highest BCUT2D eigenvalue weighted by atomic mass is 16.2. The van der Waals surface area contributed by atoms with Crippen molar-refractivity contribution in [2.24, 2.45) is 0 Å². The smallest absolute Gasteiger partial charge is 0.267 e. The number of fused-ring (bicyclic) bond motifs is 11. The van der Waals surface area contributed by atoms with Crippen LogP contribution in [0.25, 0.3) is 98.6 Å². The summed E-state index contributed by atoms with van der Waals surface area (Å²) in [5, 5.41) is 7.54. The van der Waals surface area contributed by atoms with Gasteiger partial charge in [-0.15, -0.1) is 0 Å². The molecule has 0 radical (unpaired) electrons. The quantitative estimate of drug-likeness (QED) is 0.173. The molecule has 0 bridgehead atoms. The maximum absolute atomic E-state index is 14.9. The summed E-state index contributed by atoms with van der Waals surface area (Å²) < 4.78 is 3.21. The second-order valence-corrected chi connectivity index (χ2v) is 14.0. The van der Waals surface area contributed by atoms with Crippen molar-refractivity contribution in [3.05, 3.63) is 203 Å². The van der Waals surface area contributed by atoms with Gasteiger partial charge in [0.1, 0.15) is 0 Å². The number of hydrogen-bond donors (Lipinski definition) is 0. The Hall–Kier alpha value is -7.30. The van der Waals surface area contributed by atoms with E-state index in [1.807, 2.05) is 53.0 Å². The van der Waals surface area contributed by atoms with Crippen molar-refractivity contribution in [3.8, 4) is 44.5 Å². The fraction of sp³-hybridized carbons (Fsp3) is 0. The lowest BCUT2D eigenvalue weighted by Crippen LogP contribution is -2.21. The molecule has 252 valence electrons. The van der Waals surface area contributed by atoms with Crippen LogP contribution in [0.1, 0.15) is 0 Å². The van der Waals surface area contributed by atoms with Gasteiger partial charge >= 0.3 is 0 Å². The topological polar surface area (TPSA) is 43.0 Å². The molecule has 0 fully saturated rings. The van der Waals surface area contributed by atoms with Crippen LogP contribution in [0.5, 0.6) is 0 Å². The maximum Gasteiger partial charge on any atom is 0.283 e. The number of aromatic nitrogens is 2. The predicted octanol–water partition coefficient (Wildman–Crippen LogP) is 11.6. The molecule has 4 heteroatoms. The summed E-state index contributed by atoms with van der Waals surface area (Å²) >= 11 is 0. The van der Waals surface area contributed by atoms with E-state index < -0.39 is 0 Å². The van der Waals surface area contributed by atoms with Crippen molar-refractivity contribution in [2.45, 2.75) is 0 Å². The first-order valence-corrected chi connectivity index (χ1v) is 18.2. The molecular formula is C50H30N2O2. The largest absolute Gasteiger partial charge is 0.283 e. The van der Waals surface area contributed by atoms with Gasteiger partial charge in [0.15, 0.2) is 0 Å². The van der Waals surface area contributed by atoms with Gasteiger partial charge in [-0.3, -0.25) is 9.59 Å². The molecule has 0 saturated heterocycles. The van der Waals surface area contributed by atoms with E-state index in [2.05, 4.69) is 133 Å². The first-order chi connectivity index (χ1) is 26.7. The van der Waals surface area contributed by atoms with E-state index in [0.29, 0.717) is 21.8 Å². The van der Waals surface area contributed by atoms with Crippen LogP contribution < -0.4 is 11.1 Å². The first kappa shape index (κ1) is 30.3. The SMILES string of the molecule is O=c1c2cc3c4ccccc4c4ccccc4c3cc2n2c3cc(-c4ccccc4-c4ccccc4)cc(-c4ccccc4-c4ccccc4)c3c(=O)n12. The second-order valence-electron chi connectivity index (χ2n) is 14.0. The molecule has 0 aliphatic carbocycles. The average molecular weight is 691 g/mol. The van der Waals surface area contributed by atoms with E-state index in [0.717, 1.165) is 76.8 Å². The van der Waals surface area contributed by atoms with E-state index in [4.69, 9.17) is 0 Å². The van der Waals surface area contributed by atoms with Gasteiger partial charge in [0.2, 0.25) is 0 Å². The van der Waals surface area contributed by atoms with E-state index in [9.17, 15) is 9.59 Å². The van der Waals surface area contributed by atoms with Crippen LogP contribution in [-0.2, 0) is 0 Å². The van der Waals surface area contributed by atoms with E-state index >= 15 is 0 Å². The Balaban J connectivity index is 1.31. The van der Waals surface area contributed by atoms with Crippen molar-refractivity contribution in [2.75, 3.05) is 0 Å². The minimum absolute atomic E-state index is 0.320. The summed E-state index contributed by atoms with van der Waals surface area (Å²) in [5.74, 6) is 0. The molecule has 54 heavy (non-hydrogen) atoms. The van der Waals surface area contributed by atoms with Crippen molar-refractivity contribution < 1.29 is 0 Å². The van der Waals surface area contributed by atoms with Crippen LogP contribution in [0.3, 0.4) is 0 Å². The Morgan fingerprint density at radius 3 is 1.30 bits per heavy atom. The normalized spacial score (nSPS) is 11.9. The Kier molecular flexibility index (Phi) is 6.52. The number of nitrogens with zero attached hydrogens (tertiary/aromatic N) is 2. The van der Waals surface area contributed by atoms with Crippen LogP contribution in [0.4, 0.5) is 0 Å². The lowest BCUT2D eigenvalue weighted by Gasteiger charge is -2.15. The molecule has 0 aliphatic heterocycles. The van der Waals surface area contributed by atoms with Crippen molar-refractivity contribution in [1.29, 1.82) is 0 Å². The summed E-state index contributed by atoms with van der Waals surface area (Å²) in [6.07, 6.45) is 0. The lowest BCUT2D eigenvalue weighted by molar-refractivity contribution is 0.841. The van der Waals surface area contributed by atoms with E-state index in [-0.39, 0.29) is 11.1 Å². The monoisotopic (exact) mass is 690 g/mol. The molecule has 0 unspecified atom stereocenters. The Morgan fingerprint density at radius 1 is 0.278 bits per heavy atom. The number of rotatable bonds is 4. The van der Waals surface area contributed by atoms with Gasteiger partial charge in [0.25, 0.3) is 11.1 Å². The van der Waals surface area contributed by atoms with Gasteiger partial charge < -0.3 is 0 Å². The first-order valence-electron chi connectivity index (χ1n) is 18.2. The molecule has 2 heterocycles. The van der Waals surface area contributed by atoms with Crippen molar-refractivity contribution in [1.82, 2.24) is 9.03 Å². The van der Waals surface area contributed by atoms with Gasteiger partial charge in [-0.1, -0.05) is 158 Å². The summed E-state index contributed by atoms with van der Waals surface area (Å²) in [7, 11) is 0. The molecule has 11 aromatic rings. The zero-order valence-corrected chi connectivity index (χ0v) is 29.0. The van der Waals surface area contributed by atoms with Crippen LogP contribution in [0, 0.1) is 0 Å². The lowest BCUT2D eigenvalue weighted by atomic mass is 9.88. The highest BCUT2D eigenvalue weighted by Gasteiger charge is 2.24. The van der Waals surface area contributed by atoms with E-state index in [1.165, 1.54) is 4.52 Å². The summed E-state index contributed by atoms with van der Waals surface area (Å²) in [5.41, 5.74) is 8.71. The molecule has 11 rings (SSSR count). The number of hydrogen-bond acceptors (Lipinski definition) is 2. The third-order valence-corrected chi connectivity index (χ3v) is 11.1. The minimum atomic E-state index is -0.328. The van der Waals surface area contributed by atoms with Crippen LogP contribution in [0.2, 0.25) is 0 Å². The van der Waals surface area contributed by atoms with E-state index in [1.54, 1.807) is 0 Å². The second kappa shape index (κ2) is 11.6. The third-order valence-electron chi connectivity index (χ3n) is 11.1. The highest BCUT2D eigenvalue weighted by molar-refractivity contribution is 6.27. The molecule has 0 N–H and O–H groups in total. The fourth-order valence-electron chi connectivity index (χ4n) is 8.70. The zero-order valence-electron chi connectivity index (χ0n) is 29.0. The van der Waals surface area contributed by atoms with Gasteiger partial charge in [0.05, 0.1) is 21.8 Å². The zero-order chi connectivity index (χ0) is 35.9. The molecule has 9 aromatic carbocycles. The molecule has 4 nitrogen and oxygen atoms in total. The molecule has 0 spiro atoms. The average Bonchev–Trinajstić information content (AvgIpc) is 3.70. The summed E-state index contributed by atoms with van der Waals surface area (Å²) in [4.78, 5) is 29.5. The number of benzene rings is 9. The Morgan fingerprint density at radius 2 is 0.722 bits per heavy atom. The van der Waals surface area contributed by atoms with Crippen molar-refractivity contribution >= 4 is 54.1 Å². The van der Waals surface area contributed by atoms with Crippen LogP contribution >= 0.6 is 0 Å². The Labute approximate surface area is 309 Å². The molecular weight excluding hydrogens is 661 g/mol. The molecule has 0 atom stereocenters. The van der Waals surface area contributed by atoms with Gasteiger partial charge in [-0.2, -0.15) is 4.52 Å². The molecule has 0 amide bonds. The van der Waals surface area contributed by atoms with Gasteiger partial charge in [-0.25, -0.2) is 4.52 Å². The highest BCUT2D eigenvalue weighted by Crippen LogP contribution is 2.42. The molecule has 0 aliphatic rings. The standard InChI is InChI=1S/C50H30N2O2/c53-49-45-29-42-40-25-13-11-23-38(40)39-24-12-14-26-41(39)43(42)30-46(45)51-47-28-33(36-21-8-7-19-34(36)31-15-3-1-4-16-31)27-44(48(47)50(54)52(49)51)37-22-10-9-20-35(37)32-17-5-2-6-18-32/h1-30H.